The molecule has 1 atom stereocenters. The fourth-order valence-electron chi connectivity index (χ4n) is 2.64. The molecule has 1 saturated heterocycles. The minimum absolute atomic E-state index is 0.279. The van der Waals surface area contributed by atoms with E-state index in [9.17, 15) is 4.79 Å². The third kappa shape index (κ3) is 5.27. The molecule has 1 aromatic carbocycles. The average molecular weight is 293 g/mol. The lowest BCUT2D eigenvalue weighted by Crippen LogP contribution is -2.26. The molecule has 5 heteroatoms. The zero-order chi connectivity index (χ0) is 15.1. The summed E-state index contributed by atoms with van der Waals surface area (Å²) in [5.74, 6) is 1.49. The summed E-state index contributed by atoms with van der Waals surface area (Å²) in [5, 5.41) is 8.70. The quantitative estimate of drug-likeness (QED) is 0.796. The number of hydrogen-bond acceptors (Lipinski definition) is 4. The predicted molar refractivity (Wildman–Crippen MR) is 79.9 cm³/mol. The number of nitrogens with zero attached hydrogens (tertiary/aromatic N) is 1. The van der Waals surface area contributed by atoms with Crippen LogP contribution in [0.3, 0.4) is 0 Å². The molecule has 2 rings (SSSR count). The van der Waals surface area contributed by atoms with E-state index >= 15 is 0 Å². The van der Waals surface area contributed by atoms with E-state index in [0.29, 0.717) is 12.5 Å². The summed E-state index contributed by atoms with van der Waals surface area (Å²) in [7, 11) is 1.64. The fraction of sp³-hybridized carbons (Fsp3) is 0.562. The van der Waals surface area contributed by atoms with Crippen molar-refractivity contribution in [3.8, 4) is 11.5 Å². The van der Waals surface area contributed by atoms with Gasteiger partial charge in [-0.15, -0.1) is 0 Å². The number of carbonyl (C=O) groups is 1. The third-order valence-electron chi connectivity index (χ3n) is 3.87. The Balaban J connectivity index is 1.63. The molecule has 1 aliphatic rings. The Kier molecular flexibility index (Phi) is 5.87. The van der Waals surface area contributed by atoms with Crippen molar-refractivity contribution < 1.29 is 19.4 Å². The second-order valence-electron chi connectivity index (χ2n) is 5.41. The summed E-state index contributed by atoms with van der Waals surface area (Å²) in [6, 6.07) is 7.57. The Morgan fingerprint density at radius 1 is 1.33 bits per heavy atom. The number of ether oxygens (including phenoxy) is 2. The molecule has 1 aromatic rings. The normalized spacial score (nSPS) is 18.6. The van der Waals surface area contributed by atoms with Gasteiger partial charge < -0.3 is 14.6 Å². The minimum Gasteiger partial charge on any atom is -0.497 e. The highest BCUT2D eigenvalue weighted by molar-refractivity contribution is 5.66. The van der Waals surface area contributed by atoms with Gasteiger partial charge in [-0.2, -0.15) is 0 Å². The van der Waals surface area contributed by atoms with E-state index in [1.165, 1.54) is 0 Å². The number of likely N-dealkylation sites (tertiary alicyclic amines) is 1. The van der Waals surface area contributed by atoms with Crippen molar-refractivity contribution in [2.75, 3.05) is 33.4 Å². The van der Waals surface area contributed by atoms with E-state index in [1.807, 2.05) is 24.3 Å². The first-order valence-electron chi connectivity index (χ1n) is 7.38. The molecule has 1 heterocycles. The van der Waals surface area contributed by atoms with Crippen LogP contribution in [-0.2, 0) is 4.79 Å². The van der Waals surface area contributed by atoms with Gasteiger partial charge in [0.1, 0.15) is 18.1 Å². The van der Waals surface area contributed by atoms with Crippen LogP contribution in [0, 0.1) is 5.92 Å². The van der Waals surface area contributed by atoms with Crippen molar-refractivity contribution >= 4 is 5.97 Å². The van der Waals surface area contributed by atoms with Gasteiger partial charge in [0.05, 0.1) is 7.11 Å². The Hall–Kier alpha value is -1.75. The standard InChI is InChI=1S/C16H23NO4/c1-20-14-3-5-15(6-4-14)21-11-10-17-9-8-13(12-17)2-7-16(18)19/h3-6,13H,2,7-12H2,1H3,(H,18,19). The molecule has 0 saturated carbocycles. The van der Waals surface area contributed by atoms with Gasteiger partial charge in [0.25, 0.3) is 0 Å². The number of carboxylic acids is 1. The average Bonchev–Trinajstić information content (AvgIpc) is 2.94. The lowest BCUT2D eigenvalue weighted by atomic mass is 10.0. The molecule has 0 bridgehead atoms. The predicted octanol–water partition coefficient (Wildman–Crippen LogP) is 2.26. The van der Waals surface area contributed by atoms with Crippen molar-refractivity contribution in [1.29, 1.82) is 0 Å². The number of methoxy groups -OCH3 is 1. The van der Waals surface area contributed by atoms with Crippen LogP contribution in [0.15, 0.2) is 24.3 Å². The molecule has 1 N–H and O–H groups in total. The first-order chi connectivity index (χ1) is 10.2. The van der Waals surface area contributed by atoms with E-state index < -0.39 is 5.97 Å². The molecule has 21 heavy (non-hydrogen) atoms. The molecule has 0 spiro atoms. The van der Waals surface area contributed by atoms with E-state index in [1.54, 1.807) is 7.11 Å². The molecule has 1 aliphatic heterocycles. The topological polar surface area (TPSA) is 59.0 Å². The minimum atomic E-state index is -0.698. The van der Waals surface area contributed by atoms with Gasteiger partial charge in [-0.25, -0.2) is 0 Å². The number of benzene rings is 1. The Bertz CT molecular complexity index is 446. The van der Waals surface area contributed by atoms with Gasteiger partial charge in [0.2, 0.25) is 0 Å². The summed E-state index contributed by atoms with van der Waals surface area (Å²) in [4.78, 5) is 12.9. The summed E-state index contributed by atoms with van der Waals surface area (Å²) >= 11 is 0. The maximum absolute atomic E-state index is 10.6. The lowest BCUT2D eigenvalue weighted by Gasteiger charge is -2.16. The van der Waals surface area contributed by atoms with Crippen molar-refractivity contribution in [3.63, 3.8) is 0 Å². The van der Waals surface area contributed by atoms with Gasteiger partial charge in [0.15, 0.2) is 0 Å². The maximum Gasteiger partial charge on any atom is 0.303 e. The fourth-order valence-corrected chi connectivity index (χ4v) is 2.64. The van der Waals surface area contributed by atoms with E-state index in [2.05, 4.69) is 4.90 Å². The smallest absolute Gasteiger partial charge is 0.303 e. The summed E-state index contributed by atoms with van der Waals surface area (Å²) in [6.07, 6.45) is 2.15. The van der Waals surface area contributed by atoms with E-state index in [-0.39, 0.29) is 6.42 Å². The van der Waals surface area contributed by atoms with Crippen LogP contribution in [0.5, 0.6) is 11.5 Å². The molecule has 1 fully saturated rings. The number of aliphatic carboxylic acids is 1. The molecule has 5 nitrogen and oxygen atoms in total. The Morgan fingerprint density at radius 2 is 2.05 bits per heavy atom. The largest absolute Gasteiger partial charge is 0.497 e. The van der Waals surface area contributed by atoms with Gasteiger partial charge in [0, 0.05) is 19.5 Å². The monoisotopic (exact) mass is 293 g/mol. The van der Waals surface area contributed by atoms with Crippen molar-refractivity contribution in [2.45, 2.75) is 19.3 Å². The van der Waals surface area contributed by atoms with Crippen molar-refractivity contribution in [2.24, 2.45) is 5.92 Å². The lowest BCUT2D eigenvalue weighted by molar-refractivity contribution is -0.137. The molecule has 0 amide bonds. The number of rotatable bonds is 8. The van der Waals surface area contributed by atoms with Crippen molar-refractivity contribution in [3.05, 3.63) is 24.3 Å². The van der Waals surface area contributed by atoms with Gasteiger partial charge >= 0.3 is 5.97 Å². The van der Waals surface area contributed by atoms with Crippen LogP contribution in [0.1, 0.15) is 19.3 Å². The highest BCUT2D eigenvalue weighted by Crippen LogP contribution is 2.21. The van der Waals surface area contributed by atoms with Gasteiger partial charge in [-0.05, 0) is 49.6 Å². The SMILES string of the molecule is COc1ccc(OCCN2CCC(CCC(=O)O)C2)cc1. The molecule has 1 unspecified atom stereocenters. The molecular weight excluding hydrogens is 270 g/mol. The van der Waals surface area contributed by atoms with Gasteiger partial charge in [-0.3, -0.25) is 9.69 Å². The first-order valence-corrected chi connectivity index (χ1v) is 7.38. The molecule has 0 radical (unpaired) electrons. The summed E-state index contributed by atoms with van der Waals surface area (Å²) in [6.45, 7) is 3.56. The van der Waals surface area contributed by atoms with Crippen LogP contribution in [0.25, 0.3) is 0 Å². The number of hydrogen-bond donors (Lipinski definition) is 1. The van der Waals surface area contributed by atoms with Crippen LogP contribution in [0.4, 0.5) is 0 Å². The zero-order valence-corrected chi connectivity index (χ0v) is 12.5. The summed E-state index contributed by atoms with van der Waals surface area (Å²) < 4.78 is 10.8. The van der Waals surface area contributed by atoms with Crippen LogP contribution in [-0.4, -0.2) is 49.3 Å². The Labute approximate surface area is 125 Å². The molecular formula is C16H23NO4. The number of carboxylic acid groups (broad SMARTS) is 1. The maximum atomic E-state index is 10.6. The van der Waals surface area contributed by atoms with Crippen LogP contribution >= 0.6 is 0 Å². The van der Waals surface area contributed by atoms with E-state index in [0.717, 1.165) is 44.0 Å². The second kappa shape index (κ2) is 7.88. The van der Waals surface area contributed by atoms with E-state index in [4.69, 9.17) is 14.6 Å². The zero-order valence-electron chi connectivity index (χ0n) is 12.5. The van der Waals surface area contributed by atoms with Crippen LogP contribution < -0.4 is 9.47 Å². The molecule has 0 aromatic heterocycles. The highest BCUT2D eigenvalue weighted by Gasteiger charge is 2.22. The van der Waals surface area contributed by atoms with Crippen molar-refractivity contribution in [1.82, 2.24) is 4.90 Å². The third-order valence-corrected chi connectivity index (χ3v) is 3.87. The highest BCUT2D eigenvalue weighted by atomic mass is 16.5. The second-order valence-corrected chi connectivity index (χ2v) is 5.41. The van der Waals surface area contributed by atoms with Gasteiger partial charge in [-0.1, -0.05) is 0 Å². The molecule has 0 aliphatic carbocycles. The summed E-state index contributed by atoms with van der Waals surface area (Å²) in [5.41, 5.74) is 0. The first kappa shape index (κ1) is 15.6. The van der Waals surface area contributed by atoms with Crippen LogP contribution in [0.2, 0.25) is 0 Å². The molecule has 116 valence electrons. The Morgan fingerprint density at radius 3 is 2.71 bits per heavy atom.